The molecule has 3 atom stereocenters. The van der Waals surface area contributed by atoms with Gasteiger partial charge in [-0.25, -0.2) is 0 Å². The van der Waals surface area contributed by atoms with Gasteiger partial charge in [0.05, 0.1) is 18.3 Å². The van der Waals surface area contributed by atoms with Gasteiger partial charge in [0, 0.05) is 32.1 Å². The molecule has 0 aromatic heterocycles. The van der Waals surface area contributed by atoms with Crippen molar-refractivity contribution in [3.8, 4) is 0 Å². The highest BCUT2D eigenvalue weighted by Crippen LogP contribution is 2.17. The van der Waals surface area contributed by atoms with Crippen LogP contribution in [0.1, 0.15) is 19.8 Å². The van der Waals surface area contributed by atoms with Crippen molar-refractivity contribution < 1.29 is 9.47 Å². The van der Waals surface area contributed by atoms with E-state index in [9.17, 15) is 0 Å². The minimum atomic E-state index is 0.191. The smallest absolute Gasteiger partial charge is 0.0841 e. The van der Waals surface area contributed by atoms with E-state index in [1.165, 1.54) is 12.8 Å². The second-order valence-electron chi connectivity index (χ2n) is 4.58. The van der Waals surface area contributed by atoms with Crippen LogP contribution in [-0.4, -0.2) is 55.3 Å². The second kappa shape index (κ2) is 5.48. The Morgan fingerprint density at radius 1 is 1.33 bits per heavy atom. The van der Waals surface area contributed by atoms with Gasteiger partial charge in [0.25, 0.3) is 0 Å². The van der Waals surface area contributed by atoms with Crippen molar-refractivity contribution in [1.29, 1.82) is 0 Å². The first-order valence-electron chi connectivity index (χ1n) is 5.83. The zero-order valence-corrected chi connectivity index (χ0v) is 10.1. The zero-order valence-electron chi connectivity index (χ0n) is 9.32. The van der Waals surface area contributed by atoms with Gasteiger partial charge in [0.1, 0.15) is 0 Å². The molecule has 0 saturated carbocycles. The largest absolute Gasteiger partial charge is 0.377 e. The molecule has 2 rings (SSSR count). The van der Waals surface area contributed by atoms with Crippen molar-refractivity contribution in [3.05, 3.63) is 0 Å². The molecule has 0 aliphatic carbocycles. The molecule has 2 heterocycles. The summed E-state index contributed by atoms with van der Waals surface area (Å²) in [7, 11) is 0. The van der Waals surface area contributed by atoms with Gasteiger partial charge in [0.2, 0.25) is 0 Å². The predicted octanol–water partition coefficient (Wildman–Crippen LogP) is 1.49. The van der Waals surface area contributed by atoms with Gasteiger partial charge in [0.15, 0.2) is 0 Å². The van der Waals surface area contributed by atoms with Crippen molar-refractivity contribution in [3.63, 3.8) is 0 Å². The van der Waals surface area contributed by atoms with Gasteiger partial charge in [-0.2, -0.15) is 0 Å². The number of ether oxygens (including phenoxy) is 2. The van der Waals surface area contributed by atoms with Crippen LogP contribution < -0.4 is 0 Å². The lowest BCUT2D eigenvalue weighted by Gasteiger charge is -2.37. The first kappa shape index (κ1) is 11.6. The number of halogens is 1. The summed E-state index contributed by atoms with van der Waals surface area (Å²) in [5.74, 6) is 0.590. The Morgan fingerprint density at radius 3 is 2.87 bits per heavy atom. The third-order valence-electron chi connectivity index (χ3n) is 3.06. The first-order valence-corrected chi connectivity index (χ1v) is 6.36. The molecule has 3 unspecified atom stereocenters. The van der Waals surface area contributed by atoms with E-state index in [1.54, 1.807) is 0 Å². The van der Waals surface area contributed by atoms with E-state index in [4.69, 9.17) is 21.1 Å². The number of morpholine rings is 1. The van der Waals surface area contributed by atoms with E-state index in [-0.39, 0.29) is 6.10 Å². The Hall–Kier alpha value is 0.170. The first-order chi connectivity index (χ1) is 7.28. The molecule has 2 aliphatic heterocycles. The minimum absolute atomic E-state index is 0.191. The number of rotatable bonds is 3. The molecule has 0 aromatic carbocycles. The predicted molar refractivity (Wildman–Crippen MR) is 60.5 cm³/mol. The molecular weight excluding hydrogens is 214 g/mol. The quantitative estimate of drug-likeness (QED) is 0.690. The van der Waals surface area contributed by atoms with Gasteiger partial charge in [-0.15, -0.1) is 11.6 Å². The van der Waals surface area contributed by atoms with Crippen LogP contribution in [-0.2, 0) is 9.47 Å². The second-order valence-corrected chi connectivity index (χ2v) is 4.89. The highest BCUT2D eigenvalue weighted by Gasteiger charge is 2.27. The summed E-state index contributed by atoms with van der Waals surface area (Å²) in [6.45, 7) is 6.05. The Bertz CT molecular complexity index is 197. The fourth-order valence-electron chi connectivity index (χ4n) is 2.45. The highest BCUT2D eigenvalue weighted by atomic mass is 35.5. The maximum absolute atomic E-state index is 5.84. The van der Waals surface area contributed by atoms with Gasteiger partial charge in [-0.3, -0.25) is 4.90 Å². The van der Waals surface area contributed by atoms with Crippen molar-refractivity contribution in [1.82, 2.24) is 4.90 Å². The SMILES string of the molecule is CC1CN(CC2CCCO2)CC(CCl)O1. The van der Waals surface area contributed by atoms with Crippen molar-refractivity contribution >= 4 is 11.6 Å². The molecule has 2 aliphatic rings. The fraction of sp³-hybridized carbons (Fsp3) is 1.00. The van der Waals surface area contributed by atoms with Crippen LogP contribution in [0.2, 0.25) is 0 Å². The molecular formula is C11H20ClNO2. The lowest BCUT2D eigenvalue weighted by atomic mass is 10.2. The van der Waals surface area contributed by atoms with E-state index in [2.05, 4.69) is 11.8 Å². The van der Waals surface area contributed by atoms with Gasteiger partial charge >= 0.3 is 0 Å². The van der Waals surface area contributed by atoms with E-state index < -0.39 is 0 Å². The van der Waals surface area contributed by atoms with Crippen LogP contribution in [0.5, 0.6) is 0 Å². The summed E-state index contributed by atoms with van der Waals surface area (Å²) in [5.41, 5.74) is 0. The Kier molecular flexibility index (Phi) is 4.26. The van der Waals surface area contributed by atoms with Gasteiger partial charge in [-0.1, -0.05) is 0 Å². The molecule has 2 fully saturated rings. The van der Waals surface area contributed by atoms with Crippen LogP contribution in [0.25, 0.3) is 0 Å². The number of hydrogen-bond acceptors (Lipinski definition) is 3. The highest BCUT2D eigenvalue weighted by molar-refractivity contribution is 6.18. The number of hydrogen-bond donors (Lipinski definition) is 0. The topological polar surface area (TPSA) is 21.7 Å². The molecule has 0 N–H and O–H groups in total. The van der Waals surface area contributed by atoms with Crippen LogP contribution in [0, 0.1) is 0 Å². The lowest BCUT2D eigenvalue weighted by molar-refractivity contribution is -0.0763. The standard InChI is InChI=1S/C11H20ClNO2/c1-9-6-13(8-11(5-12)15-9)7-10-3-2-4-14-10/h9-11H,2-8H2,1H3. The monoisotopic (exact) mass is 233 g/mol. The summed E-state index contributed by atoms with van der Waals surface area (Å²) < 4.78 is 11.4. The molecule has 0 bridgehead atoms. The number of alkyl halides is 1. The van der Waals surface area contributed by atoms with Gasteiger partial charge in [-0.05, 0) is 19.8 Å². The summed E-state index contributed by atoms with van der Waals surface area (Å²) >= 11 is 5.84. The van der Waals surface area contributed by atoms with E-state index in [1.807, 2.05) is 0 Å². The summed E-state index contributed by atoms with van der Waals surface area (Å²) in [4.78, 5) is 2.43. The van der Waals surface area contributed by atoms with Crippen LogP contribution >= 0.6 is 11.6 Å². The van der Waals surface area contributed by atoms with Crippen LogP contribution in [0.15, 0.2) is 0 Å². The minimum Gasteiger partial charge on any atom is -0.377 e. The normalized spacial score (nSPS) is 38.4. The average Bonchev–Trinajstić information content (AvgIpc) is 2.69. The molecule has 0 spiro atoms. The van der Waals surface area contributed by atoms with Gasteiger partial charge < -0.3 is 9.47 Å². The molecule has 0 radical (unpaired) electrons. The fourth-order valence-corrected chi connectivity index (χ4v) is 2.62. The molecule has 0 aromatic rings. The van der Waals surface area contributed by atoms with E-state index in [0.717, 1.165) is 26.2 Å². The van der Waals surface area contributed by atoms with Crippen LogP contribution in [0.3, 0.4) is 0 Å². The zero-order chi connectivity index (χ0) is 10.7. The Balaban J connectivity index is 1.80. The molecule has 4 heteroatoms. The van der Waals surface area contributed by atoms with E-state index in [0.29, 0.717) is 18.1 Å². The molecule has 2 saturated heterocycles. The van der Waals surface area contributed by atoms with Crippen molar-refractivity contribution in [2.75, 3.05) is 32.1 Å². The molecule has 0 amide bonds. The third kappa shape index (κ3) is 3.31. The maximum atomic E-state index is 5.84. The van der Waals surface area contributed by atoms with E-state index >= 15 is 0 Å². The number of nitrogens with zero attached hydrogens (tertiary/aromatic N) is 1. The Labute approximate surface area is 96.7 Å². The summed E-state index contributed by atoms with van der Waals surface area (Å²) in [6, 6.07) is 0. The van der Waals surface area contributed by atoms with Crippen LogP contribution in [0.4, 0.5) is 0 Å². The average molecular weight is 234 g/mol. The molecule has 88 valence electrons. The third-order valence-corrected chi connectivity index (χ3v) is 3.40. The Morgan fingerprint density at radius 2 is 2.20 bits per heavy atom. The maximum Gasteiger partial charge on any atom is 0.0841 e. The summed E-state index contributed by atoms with van der Waals surface area (Å²) in [6.07, 6.45) is 3.34. The molecule has 15 heavy (non-hydrogen) atoms. The molecule has 3 nitrogen and oxygen atoms in total. The van der Waals surface area contributed by atoms with Crippen molar-refractivity contribution in [2.24, 2.45) is 0 Å². The lowest BCUT2D eigenvalue weighted by Crippen LogP contribution is -2.49. The van der Waals surface area contributed by atoms with Crippen molar-refractivity contribution in [2.45, 2.75) is 38.1 Å². The summed E-state index contributed by atoms with van der Waals surface area (Å²) in [5, 5.41) is 0.